The molecule has 1 aromatic rings. The lowest BCUT2D eigenvalue weighted by molar-refractivity contribution is 0.0398. The summed E-state index contributed by atoms with van der Waals surface area (Å²) in [4.78, 5) is 2.41. The number of nitrogens with one attached hydrogen (secondary N) is 1. The number of rotatable bonds is 4. The van der Waals surface area contributed by atoms with E-state index in [2.05, 4.69) is 58.0 Å². The van der Waals surface area contributed by atoms with Crippen LogP contribution in [0.2, 0.25) is 0 Å². The van der Waals surface area contributed by atoms with E-state index >= 15 is 0 Å². The lowest BCUT2D eigenvalue weighted by Gasteiger charge is -2.26. The normalized spacial score (nSPS) is 16.8. The highest BCUT2D eigenvalue weighted by Crippen LogP contribution is 2.34. The molecule has 100 valence electrons. The SMILES string of the molecule is Brc1cc(Br)c(NCCN2CCOCC2)c(Br)c1. The molecule has 0 unspecified atom stereocenters. The highest BCUT2D eigenvalue weighted by Gasteiger charge is 2.10. The molecule has 1 fully saturated rings. The number of halogens is 3. The summed E-state index contributed by atoms with van der Waals surface area (Å²) in [5.74, 6) is 0. The van der Waals surface area contributed by atoms with Crippen molar-refractivity contribution in [1.29, 1.82) is 0 Å². The van der Waals surface area contributed by atoms with Crippen LogP contribution in [0.1, 0.15) is 0 Å². The van der Waals surface area contributed by atoms with Gasteiger partial charge in [-0.2, -0.15) is 0 Å². The van der Waals surface area contributed by atoms with Crippen molar-refractivity contribution in [1.82, 2.24) is 4.90 Å². The van der Waals surface area contributed by atoms with Crippen molar-refractivity contribution in [2.75, 3.05) is 44.7 Å². The fourth-order valence-corrected chi connectivity index (χ4v) is 4.41. The zero-order valence-corrected chi connectivity index (χ0v) is 14.6. The van der Waals surface area contributed by atoms with E-state index in [1.54, 1.807) is 0 Å². The van der Waals surface area contributed by atoms with Gasteiger partial charge in [0.25, 0.3) is 0 Å². The number of morpholine rings is 1. The topological polar surface area (TPSA) is 24.5 Å². The van der Waals surface area contributed by atoms with E-state index in [-0.39, 0.29) is 0 Å². The maximum absolute atomic E-state index is 5.33. The third-order valence-electron chi connectivity index (χ3n) is 2.84. The van der Waals surface area contributed by atoms with Gasteiger partial charge in [0.2, 0.25) is 0 Å². The maximum atomic E-state index is 5.33. The number of hydrogen-bond donors (Lipinski definition) is 1. The van der Waals surface area contributed by atoms with E-state index in [1.165, 1.54) is 0 Å². The van der Waals surface area contributed by atoms with E-state index in [0.29, 0.717) is 0 Å². The van der Waals surface area contributed by atoms with Gasteiger partial charge >= 0.3 is 0 Å². The van der Waals surface area contributed by atoms with Gasteiger partial charge in [0, 0.05) is 39.6 Å². The van der Waals surface area contributed by atoms with Crippen molar-refractivity contribution in [2.45, 2.75) is 0 Å². The Labute approximate surface area is 133 Å². The number of nitrogens with zero attached hydrogens (tertiary/aromatic N) is 1. The molecule has 0 bridgehead atoms. The zero-order chi connectivity index (χ0) is 13.0. The number of hydrogen-bond acceptors (Lipinski definition) is 3. The van der Waals surface area contributed by atoms with E-state index in [1.807, 2.05) is 12.1 Å². The Morgan fingerprint density at radius 1 is 1.11 bits per heavy atom. The Morgan fingerprint density at radius 3 is 2.33 bits per heavy atom. The first-order valence-corrected chi connectivity index (χ1v) is 8.23. The Kier molecular flexibility index (Phi) is 5.95. The molecule has 1 aromatic carbocycles. The van der Waals surface area contributed by atoms with Gasteiger partial charge in [-0.15, -0.1) is 0 Å². The van der Waals surface area contributed by atoms with Gasteiger partial charge in [-0.1, -0.05) is 15.9 Å². The van der Waals surface area contributed by atoms with Crippen LogP contribution in [-0.2, 0) is 4.74 Å². The van der Waals surface area contributed by atoms with Gasteiger partial charge in [-0.25, -0.2) is 0 Å². The van der Waals surface area contributed by atoms with Crippen molar-refractivity contribution < 1.29 is 4.74 Å². The van der Waals surface area contributed by atoms with Crippen LogP contribution >= 0.6 is 47.8 Å². The summed E-state index contributed by atoms with van der Waals surface area (Å²) in [6, 6.07) is 4.09. The molecule has 0 amide bonds. The van der Waals surface area contributed by atoms with Gasteiger partial charge in [0.1, 0.15) is 0 Å². The van der Waals surface area contributed by atoms with E-state index in [4.69, 9.17) is 4.74 Å². The van der Waals surface area contributed by atoms with E-state index in [9.17, 15) is 0 Å². The summed E-state index contributed by atoms with van der Waals surface area (Å²) < 4.78 is 8.51. The molecule has 1 aliphatic rings. The van der Waals surface area contributed by atoms with Crippen LogP contribution in [0.25, 0.3) is 0 Å². The Morgan fingerprint density at radius 2 is 1.72 bits per heavy atom. The summed E-state index contributed by atoms with van der Waals surface area (Å²) in [7, 11) is 0. The average Bonchev–Trinajstić information content (AvgIpc) is 2.34. The minimum Gasteiger partial charge on any atom is -0.382 e. The monoisotopic (exact) mass is 440 g/mol. The third kappa shape index (κ3) is 4.20. The van der Waals surface area contributed by atoms with Gasteiger partial charge in [0.15, 0.2) is 0 Å². The van der Waals surface area contributed by atoms with Crippen LogP contribution in [0.5, 0.6) is 0 Å². The molecule has 0 saturated carbocycles. The summed E-state index contributed by atoms with van der Waals surface area (Å²) >= 11 is 10.6. The first-order chi connectivity index (χ1) is 8.66. The van der Waals surface area contributed by atoms with Gasteiger partial charge in [0.05, 0.1) is 18.9 Å². The third-order valence-corrected chi connectivity index (χ3v) is 4.55. The molecule has 1 aliphatic heterocycles. The predicted octanol–water partition coefficient (Wildman–Crippen LogP) is 3.72. The van der Waals surface area contributed by atoms with Crippen LogP contribution in [0, 0.1) is 0 Å². The van der Waals surface area contributed by atoms with Crippen LogP contribution in [0.3, 0.4) is 0 Å². The van der Waals surface area contributed by atoms with Crippen molar-refractivity contribution >= 4 is 53.5 Å². The van der Waals surface area contributed by atoms with Crippen LogP contribution in [0.4, 0.5) is 5.69 Å². The molecule has 2 rings (SSSR count). The summed E-state index contributed by atoms with van der Waals surface area (Å²) in [5.41, 5.74) is 1.10. The van der Waals surface area contributed by atoms with E-state index in [0.717, 1.165) is 58.5 Å². The fourth-order valence-electron chi connectivity index (χ4n) is 1.87. The van der Waals surface area contributed by atoms with Crippen molar-refractivity contribution in [3.8, 4) is 0 Å². The molecule has 0 spiro atoms. The van der Waals surface area contributed by atoms with Crippen LogP contribution in [-0.4, -0.2) is 44.3 Å². The lowest BCUT2D eigenvalue weighted by atomic mass is 10.3. The average molecular weight is 443 g/mol. The molecule has 1 N–H and O–H groups in total. The molecule has 0 radical (unpaired) electrons. The molecule has 1 heterocycles. The molecular weight excluding hydrogens is 428 g/mol. The number of anilines is 1. The molecule has 3 nitrogen and oxygen atoms in total. The second-order valence-corrected chi connectivity index (χ2v) is 6.75. The van der Waals surface area contributed by atoms with Gasteiger partial charge in [-0.05, 0) is 44.0 Å². The molecular formula is C12H15Br3N2O. The van der Waals surface area contributed by atoms with Crippen molar-refractivity contribution in [3.05, 3.63) is 25.6 Å². The lowest BCUT2D eigenvalue weighted by Crippen LogP contribution is -2.39. The highest BCUT2D eigenvalue weighted by atomic mass is 79.9. The molecule has 0 atom stereocenters. The Hall–Kier alpha value is 0.380. The molecule has 0 aliphatic carbocycles. The highest BCUT2D eigenvalue weighted by molar-refractivity contribution is 9.11. The zero-order valence-electron chi connectivity index (χ0n) is 9.89. The number of ether oxygens (including phenoxy) is 1. The standard InChI is InChI=1S/C12H15Br3N2O/c13-9-7-10(14)12(11(15)8-9)16-1-2-17-3-5-18-6-4-17/h7-8,16H,1-6H2. The number of benzene rings is 1. The largest absolute Gasteiger partial charge is 0.382 e. The second kappa shape index (κ2) is 7.24. The van der Waals surface area contributed by atoms with Crippen molar-refractivity contribution in [3.63, 3.8) is 0 Å². The summed E-state index contributed by atoms with van der Waals surface area (Å²) in [6.45, 7) is 5.74. The maximum Gasteiger partial charge on any atom is 0.0630 e. The Balaban J connectivity index is 1.86. The smallest absolute Gasteiger partial charge is 0.0630 e. The first-order valence-electron chi connectivity index (χ1n) is 5.85. The Bertz CT molecular complexity index is 385. The predicted molar refractivity (Wildman–Crippen MR) is 85.3 cm³/mol. The minimum atomic E-state index is 0.853. The fraction of sp³-hybridized carbons (Fsp3) is 0.500. The summed E-state index contributed by atoms with van der Waals surface area (Å²) in [5, 5.41) is 3.46. The molecule has 6 heteroatoms. The first kappa shape index (κ1) is 14.8. The quantitative estimate of drug-likeness (QED) is 0.769. The van der Waals surface area contributed by atoms with Crippen LogP contribution < -0.4 is 5.32 Å². The molecule has 1 saturated heterocycles. The van der Waals surface area contributed by atoms with Crippen molar-refractivity contribution in [2.24, 2.45) is 0 Å². The minimum absolute atomic E-state index is 0.853. The second-order valence-electron chi connectivity index (χ2n) is 4.13. The molecule has 18 heavy (non-hydrogen) atoms. The summed E-state index contributed by atoms with van der Waals surface area (Å²) in [6.07, 6.45) is 0. The van der Waals surface area contributed by atoms with E-state index < -0.39 is 0 Å². The van der Waals surface area contributed by atoms with Gasteiger partial charge in [-0.3, -0.25) is 4.90 Å². The molecule has 0 aromatic heterocycles. The van der Waals surface area contributed by atoms with Gasteiger partial charge < -0.3 is 10.1 Å². The van der Waals surface area contributed by atoms with Crippen LogP contribution in [0.15, 0.2) is 25.6 Å².